The third-order valence-electron chi connectivity index (χ3n) is 8.31. The van der Waals surface area contributed by atoms with Crippen LogP contribution in [-0.4, -0.2) is 70.0 Å². The number of phosphoric ester groups is 1. The molecular weight excluding hydrogens is 713 g/mol. The minimum Gasteiger partial charge on any atom is -0.756 e. The van der Waals surface area contributed by atoms with Crippen molar-refractivity contribution in [3.8, 4) is 0 Å². The molecule has 0 saturated carbocycles. The Bertz CT molecular complexity index is 1210. The van der Waals surface area contributed by atoms with E-state index in [4.69, 9.17) is 18.5 Å². The van der Waals surface area contributed by atoms with Gasteiger partial charge in [0.15, 0.2) is 6.10 Å². The Labute approximate surface area is 335 Å². The number of unbranched alkanes of at least 4 members (excludes halogenated alkanes) is 13. The molecule has 0 aliphatic carbocycles. The molecule has 0 aromatic heterocycles. The number of hydrogen-bond donors (Lipinski definition) is 0. The smallest absolute Gasteiger partial charge is 0.306 e. The molecule has 0 fully saturated rings. The van der Waals surface area contributed by atoms with Crippen molar-refractivity contribution in [2.45, 2.75) is 142 Å². The second-order valence-electron chi connectivity index (χ2n) is 14.8. The molecule has 0 saturated heterocycles. The third-order valence-corrected chi connectivity index (χ3v) is 9.27. The number of phosphoric acid groups is 1. The summed E-state index contributed by atoms with van der Waals surface area (Å²) in [6.45, 7) is 3.94. The van der Waals surface area contributed by atoms with Gasteiger partial charge in [-0.2, -0.15) is 0 Å². The highest BCUT2D eigenvalue weighted by atomic mass is 31.2. The van der Waals surface area contributed by atoms with Crippen molar-refractivity contribution in [3.05, 3.63) is 85.1 Å². The van der Waals surface area contributed by atoms with Gasteiger partial charge in [-0.15, -0.1) is 0 Å². The summed E-state index contributed by atoms with van der Waals surface area (Å²) in [5.41, 5.74) is 0. The van der Waals surface area contributed by atoms with Crippen LogP contribution in [0.2, 0.25) is 0 Å². The first kappa shape index (κ1) is 52.2. The molecule has 0 rings (SSSR count). The monoisotopic (exact) mass is 790 g/mol. The second-order valence-corrected chi connectivity index (χ2v) is 16.2. The number of nitrogens with zero attached hydrogens (tertiary/aromatic N) is 1. The fourth-order valence-corrected chi connectivity index (χ4v) is 5.76. The molecule has 0 amide bonds. The van der Waals surface area contributed by atoms with Crippen LogP contribution in [0.3, 0.4) is 0 Å². The van der Waals surface area contributed by atoms with Crippen molar-refractivity contribution >= 4 is 19.8 Å². The molecule has 55 heavy (non-hydrogen) atoms. The SMILES string of the molecule is CC/C=C/C=C/C=C/C=C/C=C/CCCC(=O)OC(COC(=O)CCCCCCC/C=C/C=C/CCCCCCCCC)COP(=O)([O-])OCC[N+](C)(C)C. The van der Waals surface area contributed by atoms with Gasteiger partial charge in [0.25, 0.3) is 7.82 Å². The summed E-state index contributed by atoms with van der Waals surface area (Å²) in [5.74, 6) is -0.948. The van der Waals surface area contributed by atoms with Crippen molar-refractivity contribution in [1.82, 2.24) is 0 Å². The highest BCUT2D eigenvalue weighted by Crippen LogP contribution is 2.38. The van der Waals surface area contributed by atoms with E-state index >= 15 is 0 Å². The van der Waals surface area contributed by atoms with Crippen LogP contribution in [0, 0.1) is 0 Å². The molecule has 2 atom stereocenters. The third kappa shape index (κ3) is 40.7. The number of quaternary nitrogens is 1. The number of hydrogen-bond acceptors (Lipinski definition) is 8. The number of allylic oxidation sites excluding steroid dienone is 14. The maximum absolute atomic E-state index is 12.6. The van der Waals surface area contributed by atoms with Crippen LogP contribution in [0.15, 0.2) is 85.1 Å². The van der Waals surface area contributed by atoms with Gasteiger partial charge in [-0.05, 0) is 51.4 Å². The predicted octanol–water partition coefficient (Wildman–Crippen LogP) is 11.0. The molecule has 0 aromatic carbocycles. The van der Waals surface area contributed by atoms with E-state index in [0.29, 0.717) is 30.3 Å². The summed E-state index contributed by atoms with van der Waals surface area (Å²) in [4.78, 5) is 37.4. The van der Waals surface area contributed by atoms with E-state index < -0.39 is 32.5 Å². The van der Waals surface area contributed by atoms with Crippen LogP contribution in [0.5, 0.6) is 0 Å². The number of carbonyl (C=O) groups excluding carboxylic acids is 2. The Morgan fingerprint density at radius 1 is 0.582 bits per heavy atom. The lowest BCUT2D eigenvalue weighted by atomic mass is 10.1. The molecule has 314 valence electrons. The van der Waals surface area contributed by atoms with Gasteiger partial charge in [0.2, 0.25) is 0 Å². The fourth-order valence-electron chi connectivity index (χ4n) is 5.03. The number of rotatable bonds is 36. The number of ether oxygens (including phenoxy) is 2. The molecule has 0 radical (unpaired) electrons. The maximum Gasteiger partial charge on any atom is 0.306 e. The van der Waals surface area contributed by atoms with Crippen molar-refractivity contribution in [2.24, 2.45) is 0 Å². The minimum absolute atomic E-state index is 0.0517. The zero-order valence-electron chi connectivity index (χ0n) is 35.1. The quantitative estimate of drug-likeness (QED) is 0.0203. The molecule has 0 heterocycles. The van der Waals surface area contributed by atoms with Gasteiger partial charge in [-0.25, -0.2) is 0 Å². The predicted molar refractivity (Wildman–Crippen MR) is 226 cm³/mol. The highest BCUT2D eigenvalue weighted by Gasteiger charge is 2.21. The van der Waals surface area contributed by atoms with Crippen molar-refractivity contribution in [1.29, 1.82) is 0 Å². The highest BCUT2D eigenvalue weighted by molar-refractivity contribution is 7.45. The zero-order chi connectivity index (χ0) is 40.7. The van der Waals surface area contributed by atoms with Gasteiger partial charge in [-0.1, -0.05) is 157 Å². The van der Waals surface area contributed by atoms with Gasteiger partial charge in [0, 0.05) is 12.8 Å². The molecule has 0 aliphatic rings. The molecule has 0 N–H and O–H groups in total. The summed E-state index contributed by atoms with van der Waals surface area (Å²) in [7, 11) is 1.09. The van der Waals surface area contributed by atoms with E-state index in [1.165, 1.54) is 44.9 Å². The number of esters is 2. The lowest BCUT2D eigenvalue weighted by molar-refractivity contribution is -0.870. The van der Waals surface area contributed by atoms with E-state index in [-0.39, 0.29) is 26.1 Å². The maximum atomic E-state index is 12.6. The number of carbonyl (C=O) groups is 2. The Hall–Kier alpha value is -2.81. The second kappa shape index (κ2) is 36.8. The van der Waals surface area contributed by atoms with Crippen LogP contribution >= 0.6 is 7.82 Å². The molecule has 0 spiro atoms. The lowest BCUT2D eigenvalue weighted by Gasteiger charge is -2.28. The standard InChI is InChI=1S/C45H76NO8P/c1-6-8-10-12-14-16-18-20-21-22-23-24-26-27-29-31-33-35-37-44(47)51-41-43(42-53-55(49,50)52-40-39-46(3,4)5)54-45(48)38-36-34-32-30-28-25-19-17-15-13-11-9-7-2/h9,11,13,15,17,19,21-25,28,30,32,43H,6-8,10,12,14,16,18,20,26-27,29,31,33-42H2,1-5H3/b11-9+,15-13+,19-17+,22-21+,24-23+,28-25+,32-30+. The minimum atomic E-state index is -4.65. The molecule has 0 bridgehead atoms. The van der Waals surface area contributed by atoms with Crippen LogP contribution in [0.1, 0.15) is 136 Å². The van der Waals surface area contributed by atoms with Gasteiger partial charge in [0.05, 0.1) is 27.7 Å². The summed E-state index contributed by atoms with van der Waals surface area (Å²) >= 11 is 0. The van der Waals surface area contributed by atoms with Crippen molar-refractivity contribution in [2.75, 3.05) is 47.5 Å². The summed E-state index contributed by atoms with van der Waals surface area (Å²) < 4.78 is 33.7. The lowest BCUT2D eigenvalue weighted by Crippen LogP contribution is -2.37. The first-order valence-electron chi connectivity index (χ1n) is 20.9. The van der Waals surface area contributed by atoms with E-state index in [2.05, 4.69) is 44.2 Å². The molecule has 0 aromatic rings. The van der Waals surface area contributed by atoms with Gasteiger partial charge in [-0.3, -0.25) is 14.2 Å². The molecule has 0 aliphatic heterocycles. The largest absolute Gasteiger partial charge is 0.756 e. The topological polar surface area (TPSA) is 111 Å². The van der Waals surface area contributed by atoms with Gasteiger partial charge in [0.1, 0.15) is 19.8 Å². The van der Waals surface area contributed by atoms with E-state index in [9.17, 15) is 19.0 Å². The van der Waals surface area contributed by atoms with E-state index in [1.54, 1.807) is 0 Å². The zero-order valence-corrected chi connectivity index (χ0v) is 36.0. The first-order chi connectivity index (χ1) is 26.5. The normalized spacial score (nSPS) is 14.5. The van der Waals surface area contributed by atoms with Crippen LogP contribution < -0.4 is 4.89 Å². The Balaban J connectivity index is 4.51. The van der Waals surface area contributed by atoms with Crippen LogP contribution in [0.25, 0.3) is 0 Å². The number of likely N-dealkylation sites (N-methyl/N-ethyl adjacent to an activating group) is 1. The fraction of sp³-hybridized carbons (Fsp3) is 0.644. The summed E-state index contributed by atoms with van der Waals surface area (Å²) in [5, 5.41) is 0. The summed E-state index contributed by atoms with van der Waals surface area (Å²) in [6.07, 6.45) is 46.3. The van der Waals surface area contributed by atoms with Crippen LogP contribution in [0.4, 0.5) is 0 Å². The summed E-state index contributed by atoms with van der Waals surface area (Å²) in [6, 6.07) is 0. The van der Waals surface area contributed by atoms with E-state index in [1.807, 2.05) is 75.8 Å². The molecule has 2 unspecified atom stereocenters. The average molecular weight is 790 g/mol. The first-order valence-corrected chi connectivity index (χ1v) is 22.3. The van der Waals surface area contributed by atoms with Crippen LogP contribution in [-0.2, 0) is 32.7 Å². The van der Waals surface area contributed by atoms with Crippen molar-refractivity contribution in [3.63, 3.8) is 0 Å². The Morgan fingerprint density at radius 3 is 1.62 bits per heavy atom. The Kier molecular flexibility index (Phi) is 34.9. The van der Waals surface area contributed by atoms with Crippen molar-refractivity contribution < 1.29 is 42.1 Å². The molecule has 9 nitrogen and oxygen atoms in total. The van der Waals surface area contributed by atoms with Gasteiger partial charge >= 0.3 is 11.9 Å². The van der Waals surface area contributed by atoms with Gasteiger partial charge < -0.3 is 27.9 Å². The average Bonchev–Trinajstić information content (AvgIpc) is 3.13. The van der Waals surface area contributed by atoms with E-state index in [0.717, 1.165) is 44.9 Å². The Morgan fingerprint density at radius 2 is 1.05 bits per heavy atom. The molecule has 10 heteroatoms. The molecular formula is C45H76NO8P.